The molecule has 2 saturated heterocycles. The van der Waals surface area contributed by atoms with E-state index in [0.717, 1.165) is 0 Å². The third-order valence-electron chi connectivity index (χ3n) is 7.03. The molecule has 0 aromatic rings. The van der Waals surface area contributed by atoms with Gasteiger partial charge in [0.05, 0.1) is 36.6 Å². The van der Waals surface area contributed by atoms with Gasteiger partial charge in [-0.3, -0.25) is 0 Å². The second-order valence-corrected chi connectivity index (χ2v) is 8.92. The van der Waals surface area contributed by atoms with E-state index < -0.39 is 91.0 Å². The fourth-order valence-corrected chi connectivity index (χ4v) is 5.24. The Kier molecular flexibility index (Phi) is 7.39. The van der Waals surface area contributed by atoms with Crippen LogP contribution in [0.4, 0.5) is 0 Å². The Hall–Kier alpha value is -0.480. The topological polar surface area (TPSA) is 244 Å². The van der Waals surface area contributed by atoms with Crippen molar-refractivity contribution in [1.29, 1.82) is 0 Å². The summed E-state index contributed by atoms with van der Waals surface area (Å²) in [5.41, 5.74) is 24.3. The summed E-state index contributed by atoms with van der Waals surface area (Å²) in [6.45, 7) is 1.45. The third-order valence-corrected chi connectivity index (χ3v) is 7.03. The lowest BCUT2D eigenvalue weighted by molar-refractivity contribution is -0.262. The molecule has 2 aliphatic heterocycles. The van der Waals surface area contributed by atoms with Crippen molar-refractivity contribution in [2.45, 2.75) is 92.5 Å². The molecule has 1 aliphatic carbocycles. The van der Waals surface area contributed by atoms with Crippen molar-refractivity contribution < 1.29 is 40.1 Å². The zero-order chi connectivity index (χ0) is 22.5. The minimum atomic E-state index is -1.53. The van der Waals surface area contributed by atoms with Crippen molar-refractivity contribution in [3.63, 3.8) is 0 Å². The van der Waals surface area contributed by atoms with E-state index in [1.807, 2.05) is 0 Å². The second kappa shape index (κ2) is 9.17. The Labute approximate surface area is 174 Å². The normalized spacial score (nSPS) is 57.9. The smallest absolute Gasteiger partial charge is 0.111 e. The lowest BCUT2D eigenvalue weighted by atomic mass is 9.63. The van der Waals surface area contributed by atoms with Gasteiger partial charge in [0.25, 0.3) is 0 Å². The van der Waals surface area contributed by atoms with E-state index in [-0.39, 0.29) is 13.0 Å². The molecule has 3 aliphatic rings. The zero-order valence-electron chi connectivity index (χ0n) is 16.9. The molecule has 12 nitrogen and oxygen atoms in total. The van der Waals surface area contributed by atoms with E-state index in [9.17, 15) is 30.6 Å². The lowest BCUT2D eigenvalue weighted by Crippen LogP contribution is -2.72. The van der Waals surface area contributed by atoms with Gasteiger partial charge in [-0.2, -0.15) is 0 Å². The first kappa shape index (κ1) is 24.2. The highest BCUT2D eigenvalue weighted by molar-refractivity contribution is 5.09. The Balaban J connectivity index is 1.98. The van der Waals surface area contributed by atoms with Crippen LogP contribution in [0.5, 0.6) is 0 Å². The molecule has 15 atom stereocenters. The number of hydrogen-bond acceptors (Lipinski definition) is 12. The molecule has 0 aromatic heterocycles. The maximum absolute atomic E-state index is 10.9. The first-order valence-electron chi connectivity index (χ1n) is 10.4. The van der Waals surface area contributed by atoms with Gasteiger partial charge in [-0.25, -0.2) is 0 Å². The number of aliphatic hydroxyl groups excluding tert-OH is 6. The summed E-state index contributed by atoms with van der Waals surface area (Å²) in [5, 5.41) is 62.5. The van der Waals surface area contributed by atoms with Gasteiger partial charge in [-0.1, -0.05) is 0 Å². The molecule has 176 valence electrons. The van der Waals surface area contributed by atoms with E-state index in [1.54, 1.807) is 0 Å². The Morgan fingerprint density at radius 3 is 1.93 bits per heavy atom. The summed E-state index contributed by atoms with van der Waals surface area (Å²) in [5.74, 6) is -1.68. The second-order valence-electron chi connectivity index (χ2n) is 8.92. The number of rotatable bonds is 3. The molecule has 0 radical (unpaired) electrons. The predicted molar refractivity (Wildman–Crippen MR) is 104 cm³/mol. The van der Waals surface area contributed by atoms with E-state index in [0.29, 0.717) is 0 Å². The number of nitrogens with two attached hydrogens (primary N) is 4. The molecule has 0 aromatic carbocycles. The van der Waals surface area contributed by atoms with E-state index >= 15 is 0 Å². The quantitative estimate of drug-likeness (QED) is 0.199. The standard InChI is InChI=1S/C18H36N4O8/c1-4-11(23)15(27)16(28)18(29-4)9-8(5(20)2-6(21)12(9)24)17-10(22)14(26)13(25)7(3-19)30-17/h4-18,23-28H,2-3,19-22H2,1H3/t4-,5+,6-,7-,8-,9+,10-,11-,12+,13-,14-,15+,16-,17-,18+/m1/s1. The minimum absolute atomic E-state index is 0.0827. The monoisotopic (exact) mass is 436 g/mol. The Morgan fingerprint density at radius 2 is 1.33 bits per heavy atom. The minimum Gasteiger partial charge on any atom is -0.391 e. The average Bonchev–Trinajstić information content (AvgIpc) is 2.71. The summed E-state index contributed by atoms with van der Waals surface area (Å²) in [7, 11) is 0. The molecule has 3 fully saturated rings. The SMILES string of the molecule is C[C@H]1O[C@@H]([C@@H]2[C@@H](O)[C@H](N)C[C@H](N)[C@H]2[C@H]2O[C@H](CN)[C@@H](O)[C@H](O)[C@H]2N)[C@H](O)[C@@H](O)[C@@H]1O. The van der Waals surface area contributed by atoms with Crippen molar-refractivity contribution in [3.05, 3.63) is 0 Å². The molecule has 3 rings (SSSR count). The van der Waals surface area contributed by atoms with Crippen molar-refractivity contribution in [2.24, 2.45) is 34.8 Å². The summed E-state index contributed by atoms with van der Waals surface area (Å²) < 4.78 is 11.7. The van der Waals surface area contributed by atoms with Crippen LogP contribution in [-0.2, 0) is 9.47 Å². The largest absolute Gasteiger partial charge is 0.391 e. The maximum atomic E-state index is 10.9. The highest BCUT2D eigenvalue weighted by Gasteiger charge is 2.57. The maximum Gasteiger partial charge on any atom is 0.111 e. The molecule has 0 unspecified atom stereocenters. The van der Waals surface area contributed by atoms with Gasteiger partial charge in [0, 0.05) is 30.5 Å². The molecule has 2 heterocycles. The van der Waals surface area contributed by atoms with Gasteiger partial charge in [-0.15, -0.1) is 0 Å². The van der Waals surface area contributed by atoms with Crippen LogP contribution in [-0.4, -0.2) is 116 Å². The van der Waals surface area contributed by atoms with Crippen LogP contribution >= 0.6 is 0 Å². The lowest BCUT2D eigenvalue weighted by Gasteiger charge is -2.54. The predicted octanol–water partition coefficient (Wildman–Crippen LogP) is -5.72. The molecule has 0 amide bonds. The van der Waals surface area contributed by atoms with Crippen LogP contribution in [0.1, 0.15) is 13.3 Å². The van der Waals surface area contributed by atoms with Crippen LogP contribution in [0.2, 0.25) is 0 Å². The number of ether oxygens (including phenoxy) is 2. The van der Waals surface area contributed by atoms with Crippen LogP contribution in [0, 0.1) is 11.8 Å². The van der Waals surface area contributed by atoms with E-state index in [4.69, 9.17) is 32.4 Å². The summed E-state index contributed by atoms with van der Waals surface area (Å²) in [6, 6.07) is -2.45. The third kappa shape index (κ3) is 4.00. The van der Waals surface area contributed by atoms with Crippen molar-refractivity contribution >= 4 is 0 Å². The number of aliphatic hydroxyl groups is 6. The van der Waals surface area contributed by atoms with Gasteiger partial charge < -0.3 is 63.0 Å². The van der Waals surface area contributed by atoms with Gasteiger partial charge in [-0.05, 0) is 13.3 Å². The van der Waals surface area contributed by atoms with Crippen LogP contribution in [0.3, 0.4) is 0 Å². The fourth-order valence-electron chi connectivity index (χ4n) is 5.24. The van der Waals surface area contributed by atoms with Crippen molar-refractivity contribution in [1.82, 2.24) is 0 Å². The summed E-state index contributed by atoms with van der Waals surface area (Å²) >= 11 is 0. The first-order chi connectivity index (χ1) is 14.0. The Morgan fingerprint density at radius 1 is 0.700 bits per heavy atom. The molecular weight excluding hydrogens is 400 g/mol. The summed E-state index contributed by atoms with van der Waals surface area (Å²) in [6.07, 6.45) is -11.8. The van der Waals surface area contributed by atoms with E-state index in [2.05, 4.69) is 0 Å². The van der Waals surface area contributed by atoms with E-state index in [1.165, 1.54) is 6.92 Å². The molecule has 14 N–H and O–H groups in total. The van der Waals surface area contributed by atoms with Gasteiger partial charge in [0.2, 0.25) is 0 Å². The first-order valence-corrected chi connectivity index (χ1v) is 10.4. The van der Waals surface area contributed by atoms with Crippen LogP contribution < -0.4 is 22.9 Å². The van der Waals surface area contributed by atoms with Crippen LogP contribution in [0.25, 0.3) is 0 Å². The van der Waals surface area contributed by atoms with Gasteiger partial charge in [0.1, 0.15) is 30.5 Å². The van der Waals surface area contributed by atoms with Crippen molar-refractivity contribution in [3.8, 4) is 0 Å². The molecule has 30 heavy (non-hydrogen) atoms. The van der Waals surface area contributed by atoms with Crippen LogP contribution in [0.15, 0.2) is 0 Å². The van der Waals surface area contributed by atoms with Gasteiger partial charge in [0.15, 0.2) is 0 Å². The number of hydrogen-bond donors (Lipinski definition) is 10. The van der Waals surface area contributed by atoms with Crippen molar-refractivity contribution in [2.75, 3.05) is 6.54 Å². The Bertz CT molecular complexity index is 588. The highest BCUT2D eigenvalue weighted by Crippen LogP contribution is 2.42. The molecule has 0 bridgehead atoms. The molecular formula is C18H36N4O8. The van der Waals surface area contributed by atoms with Gasteiger partial charge >= 0.3 is 0 Å². The molecule has 1 saturated carbocycles. The highest BCUT2D eigenvalue weighted by atomic mass is 16.5. The molecule has 0 spiro atoms. The molecule has 12 heteroatoms. The fraction of sp³-hybridized carbons (Fsp3) is 1.00. The zero-order valence-corrected chi connectivity index (χ0v) is 16.9. The summed E-state index contributed by atoms with van der Waals surface area (Å²) in [4.78, 5) is 0. The average molecular weight is 437 g/mol.